The van der Waals surface area contributed by atoms with Gasteiger partial charge in [0.1, 0.15) is 10.6 Å². The molecule has 0 aliphatic heterocycles. The molecule has 144 valence electrons. The van der Waals surface area contributed by atoms with Crippen molar-refractivity contribution >= 4 is 28.2 Å². The van der Waals surface area contributed by atoms with Crippen molar-refractivity contribution in [1.82, 2.24) is 0 Å². The maximum Gasteiger partial charge on any atom is 0.341 e. The van der Waals surface area contributed by atoms with Gasteiger partial charge in [0.25, 0.3) is 0 Å². The molecular formula is C22H27NO3S. The number of anilines is 1. The van der Waals surface area contributed by atoms with Crippen LogP contribution in [-0.4, -0.2) is 18.5 Å². The summed E-state index contributed by atoms with van der Waals surface area (Å²) in [5, 5.41) is 5.42. The minimum atomic E-state index is -0.540. The quantitative estimate of drug-likeness (QED) is 0.712. The van der Waals surface area contributed by atoms with Gasteiger partial charge in [0.2, 0.25) is 5.91 Å². The van der Waals surface area contributed by atoms with E-state index in [1.165, 1.54) is 35.3 Å². The molecular weight excluding hydrogens is 358 g/mol. The highest BCUT2D eigenvalue weighted by Gasteiger charge is 2.27. The second-order valence-corrected chi connectivity index (χ2v) is 8.85. The predicted octanol–water partition coefficient (Wildman–Crippen LogP) is 5.46. The van der Waals surface area contributed by atoms with E-state index in [2.05, 4.69) is 23.5 Å². The molecule has 0 atom stereocenters. The lowest BCUT2D eigenvalue weighted by Gasteiger charge is -2.18. The van der Waals surface area contributed by atoms with Crippen LogP contribution in [0.1, 0.15) is 62.0 Å². The van der Waals surface area contributed by atoms with Gasteiger partial charge in [-0.2, -0.15) is 0 Å². The first-order valence-electron chi connectivity index (χ1n) is 9.53. The van der Waals surface area contributed by atoms with Gasteiger partial charge in [-0.1, -0.05) is 39.0 Å². The zero-order valence-corrected chi connectivity index (χ0v) is 17.3. The normalized spacial score (nSPS) is 13.8. The number of hydrogen-bond donors (Lipinski definition) is 1. The fraction of sp³-hybridized carbons (Fsp3) is 0.455. The van der Waals surface area contributed by atoms with Crippen molar-refractivity contribution in [2.75, 3.05) is 11.9 Å². The van der Waals surface area contributed by atoms with Crippen LogP contribution in [-0.2, 0) is 22.4 Å². The highest BCUT2D eigenvalue weighted by molar-refractivity contribution is 7.15. The fourth-order valence-electron chi connectivity index (χ4n) is 3.26. The second kappa shape index (κ2) is 7.85. The van der Waals surface area contributed by atoms with Crippen LogP contribution < -0.4 is 5.32 Å². The molecule has 1 aliphatic carbocycles. The lowest BCUT2D eigenvalue weighted by Crippen LogP contribution is -2.28. The van der Waals surface area contributed by atoms with Crippen LogP contribution in [0.5, 0.6) is 0 Å². The lowest BCUT2D eigenvalue weighted by molar-refractivity contribution is -0.123. The molecule has 3 rings (SSSR count). The number of carbonyl (C=O) groups excluding carboxylic acids is 2. The number of hydrogen-bond acceptors (Lipinski definition) is 4. The molecule has 1 aromatic carbocycles. The van der Waals surface area contributed by atoms with Gasteiger partial charge in [0.05, 0.1) is 6.61 Å². The first-order chi connectivity index (χ1) is 12.8. The summed E-state index contributed by atoms with van der Waals surface area (Å²) in [5.41, 5.74) is 4.51. The Labute approximate surface area is 164 Å². The van der Waals surface area contributed by atoms with Crippen LogP contribution in [0.2, 0.25) is 0 Å². The molecule has 27 heavy (non-hydrogen) atoms. The van der Waals surface area contributed by atoms with Crippen molar-refractivity contribution in [3.05, 3.63) is 40.3 Å². The number of carbonyl (C=O) groups is 2. The van der Waals surface area contributed by atoms with Crippen LogP contribution >= 0.6 is 11.3 Å². The van der Waals surface area contributed by atoms with Gasteiger partial charge in [-0.05, 0) is 49.3 Å². The molecule has 1 aromatic heterocycles. The zero-order valence-electron chi connectivity index (χ0n) is 16.5. The summed E-state index contributed by atoms with van der Waals surface area (Å²) >= 11 is 1.37. The summed E-state index contributed by atoms with van der Waals surface area (Å²) < 4.78 is 5.29. The molecule has 2 aromatic rings. The Morgan fingerprint density at radius 3 is 2.52 bits per heavy atom. The van der Waals surface area contributed by atoms with E-state index in [4.69, 9.17) is 4.74 Å². The van der Waals surface area contributed by atoms with Crippen molar-refractivity contribution in [1.29, 1.82) is 0 Å². The van der Waals surface area contributed by atoms with E-state index < -0.39 is 11.4 Å². The number of amides is 1. The number of benzene rings is 1. The van der Waals surface area contributed by atoms with E-state index in [1.807, 2.05) is 26.2 Å². The summed E-state index contributed by atoms with van der Waals surface area (Å²) in [7, 11) is 0. The highest BCUT2D eigenvalue weighted by Crippen LogP contribution is 2.38. The van der Waals surface area contributed by atoms with E-state index in [0.29, 0.717) is 17.2 Å². The van der Waals surface area contributed by atoms with Gasteiger partial charge in [-0.25, -0.2) is 4.79 Å². The number of rotatable bonds is 4. The molecule has 0 saturated carbocycles. The maximum absolute atomic E-state index is 12.7. The van der Waals surface area contributed by atoms with E-state index in [0.717, 1.165) is 24.0 Å². The Balaban J connectivity index is 2.02. The van der Waals surface area contributed by atoms with Crippen LogP contribution in [0.4, 0.5) is 5.00 Å². The van der Waals surface area contributed by atoms with Gasteiger partial charge in [0.15, 0.2) is 0 Å². The van der Waals surface area contributed by atoms with E-state index in [9.17, 15) is 9.59 Å². The number of ether oxygens (including phenoxy) is 1. The number of nitrogens with one attached hydrogen (secondary N) is 1. The highest BCUT2D eigenvalue weighted by atomic mass is 32.1. The summed E-state index contributed by atoms with van der Waals surface area (Å²) in [6.07, 6.45) is 4.64. The van der Waals surface area contributed by atoms with Gasteiger partial charge in [0, 0.05) is 16.4 Å². The van der Waals surface area contributed by atoms with E-state index in [-0.39, 0.29) is 5.91 Å². The monoisotopic (exact) mass is 385 g/mol. The summed E-state index contributed by atoms with van der Waals surface area (Å²) in [6, 6.07) is 6.43. The summed E-state index contributed by atoms with van der Waals surface area (Å²) in [5.74, 6) is -0.512. The molecule has 0 spiro atoms. The van der Waals surface area contributed by atoms with Crippen molar-refractivity contribution in [2.45, 2.75) is 53.4 Å². The molecule has 0 fully saturated rings. The fourth-order valence-corrected chi connectivity index (χ4v) is 4.21. The average Bonchev–Trinajstić information content (AvgIpc) is 3.04. The predicted molar refractivity (Wildman–Crippen MR) is 110 cm³/mol. The Morgan fingerprint density at radius 2 is 1.85 bits per heavy atom. The molecule has 4 nitrogen and oxygen atoms in total. The first kappa shape index (κ1) is 19.6. The molecule has 1 aliphatic rings. The molecule has 1 amide bonds. The number of aryl methyl sites for hydroxylation is 2. The topological polar surface area (TPSA) is 55.4 Å². The van der Waals surface area contributed by atoms with Gasteiger partial charge in [-0.15, -0.1) is 11.3 Å². The van der Waals surface area contributed by atoms with Crippen LogP contribution in [0.3, 0.4) is 0 Å². The minimum absolute atomic E-state index is 0.119. The molecule has 1 heterocycles. The van der Waals surface area contributed by atoms with Crippen LogP contribution in [0.25, 0.3) is 11.1 Å². The molecule has 1 N–H and O–H groups in total. The zero-order chi connectivity index (χ0) is 19.6. The molecule has 0 radical (unpaired) electrons. The first-order valence-corrected chi connectivity index (χ1v) is 10.4. The van der Waals surface area contributed by atoms with Gasteiger partial charge in [-0.3, -0.25) is 4.79 Å². The Kier molecular flexibility index (Phi) is 5.70. The largest absolute Gasteiger partial charge is 0.462 e. The second-order valence-electron chi connectivity index (χ2n) is 7.97. The van der Waals surface area contributed by atoms with Gasteiger partial charge < -0.3 is 10.1 Å². The molecule has 0 saturated heterocycles. The SMILES string of the molecule is CCOC(=O)c1c(-c2ccc3c(c2)CCCC3)csc1NC(=O)C(C)(C)C. The van der Waals surface area contributed by atoms with Gasteiger partial charge >= 0.3 is 5.97 Å². The standard InChI is InChI=1S/C22H27NO3S/c1-5-26-20(24)18-17(13-27-19(18)23-21(25)22(2,3)4)16-11-10-14-8-6-7-9-15(14)12-16/h10-13H,5-9H2,1-4H3,(H,23,25). The van der Waals surface area contributed by atoms with E-state index >= 15 is 0 Å². The third kappa shape index (κ3) is 4.24. The van der Waals surface area contributed by atoms with Crippen molar-refractivity contribution in [2.24, 2.45) is 5.41 Å². The van der Waals surface area contributed by atoms with E-state index in [1.54, 1.807) is 6.92 Å². The Morgan fingerprint density at radius 1 is 1.15 bits per heavy atom. The van der Waals surface area contributed by atoms with Crippen molar-refractivity contribution < 1.29 is 14.3 Å². The lowest BCUT2D eigenvalue weighted by atomic mass is 9.89. The summed E-state index contributed by atoms with van der Waals surface area (Å²) in [6.45, 7) is 7.64. The van der Waals surface area contributed by atoms with Crippen molar-refractivity contribution in [3.8, 4) is 11.1 Å². The summed E-state index contributed by atoms with van der Waals surface area (Å²) in [4.78, 5) is 25.1. The smallest absolute Gasteiger partial charge is 0.341 e. The number of esters is 1. The van der Waals surface area contributed by atoms with Crippen molar-refractivity contribution in [3.63, 3.8) is 0 Å². The molecule has 5 heteroatoms. The van der Waals surface area contributed by atoms with Crippen LogP contribution in [0.15, 0.2) is 23.6 Å². The average molecular weight is 386 g/mol. The number of fused-ring (bicyclic) bond motifs is 1. The Hall–Kier alpha value is -2.14. The van der Waals surface area contributed by atoms with Crippen LogP contribution in [0, 0.1) is 5.41 Å². The third-order valence-electron chi connectivity index (χ3n) is 4.84. The maximum atomic E-state index is 12.7. The minimum Gasteiger partial charge on any atom is -0.462 e. The molecule has 0 bridgehead atoms. The Bertz CT molecular complexity index is 861. The third-order valence-corrected chi connectivity index (χ3v) is 5.73. The number of thiophene rings is 1. The molecule has 0 unspecified atom stereocenters.